The predicted molar refractivity (Wildman–Crippen MR) is 92.7 cm³/mol. The van der Waals surface area contributed by atoms with Crippen molar-refractivity contribution in [2.24, 2.45) is 5.92 Å². The Labute approximate surface area is 130 Å². The van der Waals surface area contributed by atoms with Gasteiger partial charge in [-0.15, -0.1) is 0 Å². The van der Waals surface area contributed by atoms with E-state index in [0.29, 0.717) is 17.8 Å². The Hall–Kier alpha value is -1.56. The molecule has 2 aromatic carbocycles. The highest BCUT2D eigenvalue weighted by Gasteiger charge is 2.26. The van der Waals surface area contributed by atoms with Gasteiger partial charge in [-0.1, -0.05) is 94.3 Å². The molecule has 0 aliphatic heterocycles. The molecule has 0 bridgehead atoms. The van der Waals surface area contributed by atoms with Crippen molar-refractivity contribution in [3.05, 3.63) is 71.8 Å². The van der Waals surface area contributed by atoms with Crippen LogP contribution in [0.15, 0.2) is 60.7 Å². The molecule has 21 heavy (non-hydrogen) atoms. The van der Waals surface area contributed by atoms with Gasteiger partial charge in [-0.3, -0.25) is 0 Å². The first-order valence-corrected chi connectivity index (χ1v) is 8.37. The summed E-state index contributed by atoms with van der Waals surface area (Å²) in [4.78, 5) is 0. The molecule has 0 aliphatic rings. The molecule has 0 nitrogen and oxygen atoms in total. The molecule has 0 saturated heterocycles. The number of rotatable bonds is 7. The van der Waals surface area contributed by atoms with Gasteiger partial charge in [0, 0.05) is 0 Å². The summed E-state index contributed by atoms with van der Waals surface area (Å²) in [5, 5.41) is 0. The van der Waals surface area contributed by atoms with Gasteiger partial charge in [0.05, 0.1) is 0 Å². The van der Waals surface area contributed by atoms with Gasteiger partial charge in [0.15, 0.2) is 0 Å². The molecule has 0 fully saturated rings. The highest BCUT2D eigenvalue weighted by molar-refractivity contribution is 5.25. The molecule has 112 valence electrons. The summed E-state index contributed by atoms with van der Waals surface area (Å²) < 4.78 is 0. The van der Waals surface area contributed by atoms with Crippen LogP contribution in [-0.4, -0.2) is 0 Å². The molecule has 0 aromatic heterocycles. The third kappa shape index (κ3) is 3.97. The van der Waals surface area contributed by atoms with Gasteiger partial charge in [-0.25, -0.2) is 0 Å². The molecule has 0 amide bonds. The van der Waals surface area contributed by atoms with E-state index in [4.69, 9.17) is 0 Å². The second-order valence-electron chi connectivity index (χ2n) is 6.08. The molecule has 0 spiro atoms. The molecular formula is C21H28. The first kappa shape index (κ1) is 15.8. The molecule has 3 atom stereocenters. The zero-order chi connectivity index (χ0) is 15.1. The summed E-state index contributed by atoms with van der Waals surface area (Å²) in [5.74, 6) is 1.97. The molecule has 0 unspecified atom stereocenters. The first-order valence-electron chi connectivity index (χ1n) is 8.37. The molecule has 0 heterocycles. The standard InChI is InChI=1S/C21H28/c1-4-12-21(19-15-10-7-11-16-19)20(5-2)17(3)18-13-8-6-9-14-18/h6-11,13-17,20-21H,4-5,12H2,1-3H3/t17-,20+,21-/m1/s1. The van der Waals surface area contributed by atoms with Crippen molar-refractivity contribution in [2.45, 2.75) is 51.9 Å². The second-order valence-corrected chi connectivity index (χ2v) is 6.08. The van der Waals surface area contributed by atoms with Crippen LogP contribution in [0.2, 0.25) is 0 Å². The molecule has 0 heteroatoms. The van der Waals surface area contributed by atoms with Crippen LogP contribution in [0.5, 0.6) is 0 Å². The van der Waals surface area contributed by atoms with Gasteiger partial charge >= 0.3 is 0 Å². The van der Waals surface area contributed by atoms with E-state index in [1.54, 1.807) is 0 Å². The van der Waals surface area contributed by atoms with Crippen LogP contribution >= 0.6 is 0 Å². The fourth-order valence-electron chi connectivity index (χ4n) is 3.63. The Bertz CT molecular complexity index is 500. The van der Waals surface area contributed by atoms with E-state index in [1.165, 1.54) is 30.4 Å². The lowest BCUT2D eigenvalue weighted by atomic mass is 9.73. The smallest absolute Gasteiger partial charge is 0.0128 e. The van der Waals surface area contributed by atoms with Crippen molar-refractivity contribution in [1.82, 2.24) is 0 Å². The van der Waals surface area contributed by atoms with Crippen LogP contribution in [0, 0.1) is 5.92 Å². The molecular weight excluding hydrogens is 252 g/mol. The van der Waals surface area contributed by atoms with E-state index in [2.05, 4.69) is 81.4 Å². The van der Waals surface area contributed by atoms with Gasteiger partial charge in [-0.2, -0.15) is 0 Å². The normalized spacial score (nSPS) is 15.4. The van der Waals surface area contributed by atoms with Crippen molar-refractivity contribution >= 4 is 0 Å². The average molecular weight is 280 g/mol. The van der Waals surface area contributed by atoms with Crippen molar-refractivity contribution in [2.75, 3.05) is 0 Å². The molecule has 0 saturated carbocycles. The summed E-state index contributed by atoms with van der Waals surface area (Å²) in [5.41, 5.74) is 2.98. The Morgan fingerprint density at radius 1 is 0.762 bits per heavy atom. The second kappa shape index (κ2) is 8.02. The van der Waals surface area contributed by atoms with Crippen LogP contribution in [0.1, 0.15) is 63.0 Å². The lowest BCUT2D eigenvalue weighted by Crippen LogP contribution is -2.19. The monoisotopic (exact) mass is 280 g/mol. The number of hydrogen-bond acceptors (Lipinski definition) is 0. The fourth-order valence-corrected chi connectivity index (χ4v) is 3.63. The summed E-state index contributed by atoms with van der Waals surface area (Å²) in [7, 11) is 0. The Kier molecular flexibility index (Phi) is 6.04. The molecule has 0 aliphatic carbocycles. The van der Waals surface area contributed by atoms with Crippen LogP contribution in [0.25, 0.3) is 0 Å². The first-order chi connectivity index (χ1) is 10.3. The zero-order valence-corrected chi connectivity index (χ0v) is 13.6. The molecule has 0 N–H and O–H groups in total. The number of hydrogen-bond donors (Lipinski definition) is 0. The maximum absolute atomic E-state index is 2.40. The highest BCUT2D eigenvalue weighted by Crippen LogP contribution is 2.40. The van der Waals surface area contributed by atoms with Gasteiger partial charge < -0.3 is 0 Å². The van der Waals surface area contributed by atoms with E-state index in [0.717, 1.165) is 0 Å². The SMILES string of the molecule is CCC[C@H](c1ccccc1)[C@@H](CC)[C@H](C)c1ccccc1. The minimum Gasteiger partial charge on any atom is -0.0654 e. The summed E-state index contributed by atoms with van der Waals surface area (Å²) >= 11 is 0. The highest BCUT2D eigenvalue weighted by atomic mass is 14.3. The minimum absolute atomic E-state index is 0.605. The topological polar surface area (TPSA) is 0 Å². The Morgan fingerprint density at radius 2 is 1.29 bits per heavy atom. The van der Waals surface area contributed by atoms with Crippen molar-refractivity contribution in [3.8, 4) is 0 Å². The van der Waals surface area contributed by atoms with Crippen LogP contribution in [-0.2, 0) is 0 Å². The third-order valence-corrected chi connectivity index (χ3v) is 4.78. The lowest BCUT2D eigenvalue weighted by molar-refractivity contribution is 0.336. The molecule has 0 radical (unpaired) electrons. The fraction of sp³-hybridized carbons (Fsp3) is 0.429. The maximum atomic E-state index is 2.40. The van der Waals surface area contributed by atoms with Crippen molar-refractivity contribution in [1.29, 1.82) is 0 Å². The summed E-state index contributed by atoms with van der Waals surface area (Å²) in [6.45, 7) is 7.04. The summed E-state index contributed by atoms with van der Waals surface area (Å²) in [6, 6.07) is 22.1. The predicted octanol–water partition coefficient (Wildman–Crippen LogP) is 6.40. The lowest BCUT2D eigenvalue weighted by Gasteiger charge is -2.32. The van der Waals surface area contributed by atoms with Crippen LogP contribution < -0.4 is 0 Å². The number of benzene rings is 2. The quantitative estimate of drug-likeness (QED) is 0.550. The van der Waals surface area contributed by atoms with E-state index in [-0.39, 0.29) is 0 Å². The van der Waals surface area contributed by atoms with Crippen LogP contribution in [0.4, 0.5) is 0 Å². The van der Waals surface area contributed by atoms with Gasteiger partial charge in [0.25, 0.3) is 0 Å². The summed E-state index contributed by atoms with van der Waals surface area (Å²) in [6.07, 6.45) is 3.76. The zero-order valence-electron chi connectivity index (χ0n) is 13.6. The molecule has 2 rings (SSSR count). The van der Waals surface area contributed by atoms with Gasteiger partial charge in [0.1, 0.15) is 0 Å². The van der Waals surface area contributed by atoms with Gasteiger partial charge in [0.2, 0.25) is 0 Å². The van der Waals surface area contributed by atoms with E-state index in [1.807, 2.05) is 0 Å². The van der Waals surface area contributed by atoms with Crippen LogP contribution in [0.3, 0.4) is 0 Å². The van der Waals surface area contributed by atoms with Gasteiger partial charge in [-0.05, 0) is 35.3 Å². The maximum Gasteiger partial charge on any atom is -0.0128 e. The van der Waals surface area contributed by atoms with Crippen molar-refractivity contribution < 1.29 is 0 Å². The Morgan fingerprint density at radius 3 is 1.76 bits per heavy atom. The van der Waals surface area contributed by atoms with E-state index < -0.39 is 0 Å². The molecule has 2 aromatic rings. The van der Waals surface area contributed by atoms with E-state index >= 15 is 0 Å². The van der Waals surface area contributed by atoms with Crippen molar-refractivity contribution in [3.63, 3.8) is 0 Å². The van der Waals surface area contributed by atoms with E-state index in [9.17, 15) is 0 Å². The third-order valence-electron chi connectivity index (χ3n) is 4.78. The largest absolute Gasteiger partial charge is 0.0654 e. The minimum atomic E-state index is 0.605. The Balaban J connectivity index is 2.28. The average Bonchev–Trinajstić information content (AvgIpc) is 2.56.